The normalized spacial score (nSPS) is 11.6. The molecule has 4 heterocycles. The Labute approximate surface area is 137 Å². The van der Waals surface area contributed by atoms with Crippen LogP contribution >= 0.6 is 11.8 Å². The number of fused-ring (bicyclic) bond motifs is 2. The maximum absolute atomic E-state index is 4.64. The number of thioether (sulfide) groups is 1. The van der Waals surface area contributed by atoms with Crippen LogP contribution in [0.4, 0.5) is 0 Å². The summed E-state index contributed by atoms with van der Waals surface area (Å²) in [6.45, 7) is 6.09. The van der Waals surface area contributed by atoms with E-state index in [4.69, 9.17) is 0 Å². The largest absolute Gasteiger partial charge is 0.307 e. The SMILES string of the molecule is Cc1ccc2nc(CSc3nnc4nc(C)cc(C)n34)cn2c1. The first kappa shape index (κ1) is 14.2. The quantitative estimate of drug-likeness (QED) is 0.542. The van der Waals surface area contributed by atoms with Gasteiger partial charge in [-0.05, 0) is 38.5 Å². The van der Waals surface area contributed by atoms with Crippen LogP contribution < -0.4 is 0 Å². The third-order valence-electron chi connectivity index (χ3n) is 3.66. The van der Waals surface area contributed by atoms with E-state index in [9.17, 15) is 0 Å². The van der Waals surface area contributed by atoms with Crippen molar-refractivity contribution in [3.05, 3.63) is 53.2 Å². The summed E-state index contributed by atoms with van der Waals surface area (Å²) in [6.07, 6.45) is 4.15. The van der Waals surface area contributed by atoms with Crippen molar-refractivity contribution in [2.45, 2.75) is 31.7 Å². The van der Waals surface area contributed by atoms with Crippen LogP contribution in [-0.4, -0.2) is 29.0 Å². The number of imidazole rings is 1. The van der Waals surface area contributed by atoms with Gasteiger partial charge < -0.3 is 4.40 Å². The van der Waals surface area contributed by atoms with Crippen molar-refractivity contribution in [2.24, 2.45) is 0 Å². The van der Waals surface area contributed by atoms with Gasteiger partial charge in [-0.2, -0.15) is 0 Å². The van der Waals surface area contributed by atoms with E-state index in [2.05, 4.69) is 49.9 Å². The maximum Gasteiger partial charge on any atom is 0.256 e. The van der Waals surface area contributed by atoms with Gasteiger partial charge in [-0.25, -0.2) is 9.97 Å². The van der Waals surface area contributed by atoms with E-state index in [1.807, 2.05) is 30.4 Å². The second-order valence-electron chi connectivity index (χ2n) is 5.65. The highest BCUT2D eigenvalue weighted by atomic mass is 32.2. The fourth-order valence-corrected chi connectivity index (χ4v) is 3.53. The molecule has 0 fully saturated rings. The molecule has 0 saturated heterocycles. The molecule has 4 aromatic rings. The highest BCUT2D eigenvalue weighted by Crippen LogP contribution is 2.22. The monoisotopic (exact) mass is 324 g/mol. The molecule has 0 radical (unpaired) electrons. The molecule has 0 amide bonds. The van der Waals surface area contributed by atoms with Crippen LogP contribution in [-0.2, 0) is 5.75 Å². The van der Waals surface area contributed by atoms with Crippen molar-refractivity contribution in [3.8, 4) is 0 Å². The third kappa shape index (κ3) is 2.57. The summed E-state index contributed by atoms with van der Waals surface area (Å²) in [5.41, 5.74) is 5.25. The van der Waals surface area contributed by atoms with Gasteiger partial charge >= 0.3 is 0 Å². The van der Waals surface area contributed by atoms with Gasteiger partial charge in [0.1, 0.15) is 5.65 Å². The van der Waals surface area contributed by atoms with Crippen LogP contribution in [0.15, 0.2) is 35.7 Å². The predicted molar refractivity (Wildman–Crippen MR) is 89.7 cm³/mol. The van der Waals surface area contributed by atoms with E-state index in [-0.39, 0.29) is 0 Å². The first-order valence-electron chi connectivity index (χ1n) is 7.36. The number of pyridine rings is 1. The molecule has 0 N–H and O–H groups in total. The summed E-state index contributed by atoms with van der Waals surface area (Å²) in [4.78, 5) is 9.05. The lowest BCUT2D eigenvalue weighted by Gasteiger charge is -2.03. The third-order valence-corrected chi connectivity index (χ3v) is 4.62. The zero-order valence-corrected chi connectivity index (χ0v) is 14.0. The van der Waals surface area contributed by atoms with Gasteiger partial charge in [-0.3, -0.25) is 4.40 Å². The molecule has 4 rings (SSSR count). The maximum atomic E-state index is 4.64. The van der Waals surface area contributed by atoms with E-state index in [0.717, 1.165) is 33.6 Å². The fraction of sp³-hybridized carbons (Fsp3) is 0.250. The minimum Gasteiger partial charge on any atom is -0.307 e. The van der Waals surface area contributed by atoms with E-state index in [0.29, 0.717) is 5.78 Å². The van der Waals surface area contributed by atoms with Crippen LogP contribution in [0.1, 0.15) is 22.6 Å². The number of aromatic nitrogens is 6. The number of aryl methyl sites for hydroxylation is 3. The standard InChI is InChI=1S/C16H16N6S/c1-10-4-5-14-18-13(8-21(14)7-10)9-23-16-20-19-15-17-11(2)6-12(3)22(15)16/h4-8H,9H2,1-3H3. The lowest BCUT2D eigenvalue weighted by Crippen LogP contribution is -1.97. The van der Waals surface area contributed by atoms with Gasteiger partial charge in [0.25, 0.3) is 5.78 Å². The highest BCUT2D eigenvalue weighted by molar-refractivity contribution is 7.98. The van der Waals surface area contributed by atoms with Crippen LogP contribution in [0.5, 0.6) is 0 Å². The molecule has 116 valence electrons. The molecule has 0 bridgehead atoms. The summed E-state index contributed by atoms with van der Waals surface area (Å²) in [7, 11) is 0. The smallest absolute Gasteiger partial charge is 0.256 e. The summed E-state index contributed by atoms with van der Waals surface area (Å²) in [5, 5.41) is 9.27. The Morgan fingerprint density at radius 2 is 1.91 bits per heavy atom. The fourth-order valence-electron chi connectivity index (χ4n) is 2.66. The second-order valence-corrected chi connectivity index (χ2v) is 6.59. The Kier molecular flexibility index (Phi) is 3.30. The van der Waals surface area contributed by atoms with Crippen molar-refractivity contribution in [2.75, 3.05) is 0 Å². The van der Waals surface area contributed by atoms with E-state index in [1.165, 1.54) is 5.56 Å². The van der Waals surface area contributed by atoms with Crippen molar-refractivity contribution >= 4 is 23.2 Å². The molecular weight excluding hydrogens is 308 g/mol. The summed E-state index contributed by atoms with van der Waals surface area (Å²) >= 11 is 1.62. The second kappa shape index (κ2) is 5.34. The van der Waals surface area contributed by atoms with Gasteiger partial charge in [0.05, 0.1) is 5.69 Å². The Hall–Kier alpha value is -2.41. The van der Waals surface area contributed by atoms with E-state index >= 15 is 0 Å². The molecule has 0 aliphatic heterocycles. The molecule has 0 aliphatic rings. The number of rotatable bonds is 3. The molecule has 0 unspecified atom stereocenters. The van der Waals surface area contributed by atoms with Crippen LogP contribution in [0.2, 0.25) is 0 Å². The van der Waals surface area contributed by atoms with E-state index in [1.54, 1.807) is 11.8 Å². The zero-order valence-electron chi connectivity index (χ0n) is 13.2. The number of hydrogen-bond acceptors (Lipinski definition) is 5. The molecule has 6 nitrogen and oxygen atoms in total. The minimum absolute atomic E-state index is 0.649. The summed E-state index contributed by atoms with van der Waals surface area (Å²) in [5.74, 6) is 1.39. The molecular formula is C16H16N6S. The lowest BCUT2D eigenvalue weighted by molar-refractivity contribution is 0.885. The van der Waals surface area contributed by atoms with Crippen LogP contribution in [0, 0.1) is 20.8 Å². The molecule has 0 saturated carbocycles. The Balaban J connectivity index is 1.63. The predicted octanol–water partition coefficient (Wildman–Crippen LogP) is 2.99. The van der Waals surface area contributed by atoms with Gasteiger partial charge in [0.2, 0.25) is 0 Å². The van der Waals surface area contributed by atoms with Gasteiger partial charge in [0.15, 0.2) is 5.16 Å². The number of nitrogens with zero attached hydrogens (tertiary/aromatic N) is 6. The molecule has 4 aromatic heterocycles. The van der Waals surface area contributed by atoms with E-state index < -0.39 is 0 Å². The van der Waals surface area contributed by atoms with Crippen molar-refractivity contribution in [1.29, 1.82) is 0 Å². The average molecular weight is 324 g/mol. The molecule has 0 atom stereocenters. The molecule has 0 aromatic carbocycles. The molecule has 7 heteroatoms. The topological polar surface area (TPSA) is 60.4 Å². The zero-order chi connectivity index (χ0) is 16.0. The first-order chi connectivity index (χ1) is 11.1. The highest BCUT2D eigenvalue weighted by Gasteiger charge is 2.11. The lowest BCUT2D eigenvalue weighted by atomic mass is 10.3. The van der Waals surface area contributed by atoms with Gasteiger partial charge in [-0.1, -0.05) is 17.8 Å². The summed E-state index contributed by atoms with van der Waals surface area (Å²) in [6, 6.07) is 6.14. The van der Waals surface area contributed by atoms with Gasteiger partial charge in [-0.15, -0.1) is 10.2 Å². The van der Waals surface area contributed by atoms with Crippen molar-refractivity contribution in [3.63, 3.8) is 0 Å². The number of hydrogen-bond donors (Lipinski definition) is 0. The molecule has 0 aliphatic carbocycles. The Morgan fingerprint density at radius 3 is 2.78 bits per heavy atom. The molecule has 23 heavy (non-hydrogen) atoms. The molecule has 0 spiro atoms. The van der Waals surface area contributed by atoms with Crippen LogP contribution in [0.3, 0.4) is 0 Å². The van der Waals surface area contributed by atoms with Crippen molar-refractivity contribution < 1.29 is 0 Å². The average Bonchev–Trinajstić information content (AvgIpc) is 3.07. The Bertz CT molecular complexity index is 1020. The van der Waals surface area contributed by atoms with Crippen LogP contribution in [0.25, 0.3) is 11.4 Å². The Morgan fingerprint density at radius 1 is 1.04 bits per heavy atom. The minimum atomic E-state index is 0.649. The summed E-state index contributed by atoms with van der Waals surface area (Å²) < 4.78 is 4.04. The first-order valence-corrected chi connectivity index (χ1v) is 8.35. The van der Waals surface area contributed by atoms with Crippen molar-refractivity contribution in [1.82, 2.24) is 29.0 Å². The van der Waals surface area contributed by atoms with Gasteiger partial charge in [0, 0.05) is 29.5 Å².